The Labute approximate surface area is 131 Å². The second-order valence-corrected chi connectivity index (χ2v) is 5.37. The van der Waals surface area contributed by atoms with Crippen LogP contribution in [-0.2, 0) is 0 Å². The molecule has 1 saturated heterocycles. The molecule has 3 nitrogen and oxygen atoms in total. The predicted octanol–water partition coefficient (Wildman–Crippen LogP) is 3.58. The molecule has 1 N–H and O–H groups in total. The van der Waals surface area contributed by atoms with E-state index in [0.29, 0.717) is 31.7 Å². The SMILES string of the molecule is FC(F)Oc1ccccc1[C@H](CCC(F)(F)F)N1CCNCC1. The van der Waals surface area contributed by atoms with Gasteiger partial charge in [0.15, 0.2) is 0 Å². The van der Waals surface area contributed by atoms with E-state index in [1.807, 2.05) is 4.90 Å². The van der Waals surface area contributed by atoms with E-state index in [1.54, 1.807) is 12.1 Å². The van der Waals surface area contributed by atoms with Gasteiger partial charge in [-0.05, 0) is 12.5 Å². The van der Waals surface area contributed by atoms with Crippen LogP contribution in [0.4, 0.5) is 22.0 Å². The minimum atomic E-state index is -4.29. The summed E-state index contributed by atoms with van der Waals surface area (Å²) in [6, 6.07) is 5.47. The lowest BCUT2D eigenvalue weighted by Gasteiger charge is -2.36. The van der Waals surface area contributed by atoms with Gasteiger partial charge in [0.25, 0.3) is 0 Å². The minimum absolute atomic E-state index is 0.0618. The summed E-state index contributed by atoms with van der Waals surface area (Å²) in [6.07, 6.45) is -5.44. The number of alkyl halides is 5. The molecule has 23 heavy (non-hydrogen) atoms. The fourth-order valence-electron chi connectivity index (χ4n) is 2.79. The van der Waals surface area contributed by atoms with Gasteiger partial charge in [0.2, 0.25) is 0 Å². The predicted molar refractivity (Wildman–Crippen MR) is 75.5 cm³/mol. The van der Waals surface area contributed by atoms with Gasteiger partial charge in [-0.2, -0.15) is 22.0 Å². The third-order valence-electron chi connectivity index (χ3n) is 3.79. The summed E-state index contributed by atoms with van der Waals surface area (Å²) in [5.41, 5.74) is 0.374. The van der Waals surface area contributed by atoms with Crippen molar-refractivity contribution in [1.82, 2.24) is 10.2 Å². The number of hydrogen-bond acceptors (Lipinski definition) is 3. The Morgan fingerprint density at radius 3 is 2.39 bits per heavy atom. The Balaban J connectivity index is 2.24. The molecule has 130 valence electrons. The van der Waals surface area contributed by atoms with Gasteiger partial charge in [-0.1, -0.05) is 18.2 Å². The molecule has 1 heterocycles. The fourth-order valence-corrected chi connectivity index (χ4v) is 2.79. The number of nitrogens with zero attached hydrogens (tertiary/aromatic N) is 1. The van der Waals surface area contributed by atoms with Gasteiger partial charge < -0.3 is 10.1 Å². The summed E-state index contributed by atoms with van der Waals surface area (Å²) in [5.74, 6) is -0.0618. The largest absolute Gasteiger partial charge is 0.434 e. The minimum Gasteiger partial charge on any atom is -0.434 e. The summed E-state index contributed by atoms with van der Waals surface area (Å²) in [4.78, 5) is 1.88. The number of ether oxygens (including phenoxy) is 1. The van der Waals surface area contributed by atoms with Crippen LogP contribution in [0.1, 0.15) is 24.4 Å². The number of hydrogen-bond donors (Lipinski definition) is 1. The molecular formula is C15H19F5N2O. The molecular weight excluding hydrogens is 319 g/mol. The van der Waals surface area contributed by atoms with Crippen LogP contribution >= 0.6 is 0 Å². The second-order valence-electron chi connectivity index (χ2n) is 5.37. The maximum atomic E-state index is 12.6. The zero-order chi connectivity index (χ0) is 16.9. The van der Waals surface area contributed by atoms with Crippen molar-refractivity contribution in [3.05, 3.63) is 29.8 Å². The quantitative estimate of drug-likeness (QED) is 0.803. The van der Waals surface area contributed by atoms with E-state index in [0.717, 1.165) is 0 Å². The van der Waals surface area contributed by atoms with Crippen LogP contribution in [-0.4, -0.2) is 43.9 Å². The van der Waals surface area contributed by atoms with Gasteiger partial charge in [0.05, 0.1) is 0 Å². The Morgan fingerprint density at radius 1 is 1.13 bits per heavy atom. The summed E-state index contributed by atoms with van der Waals surface area (Å²) in [7, 11) is 0. The van der Waals surface area contributed by atoms with Crippen molar-refractivity contribution in [3.8, 4) is 5.75 Å². The van der Waals surface area contributed by atoms with E-state index in [9.17, 15) is 22.0 Å². The Kier molecular flexibility index (Phi) is 6.17. The topological polar surface area (TPSA) is 24.5 Å². The number of para-hydroxylation sites is 1. The molecule has 1 atom stereocenters. The van der Waals surface area contributed by atoms with Crippen LogP contribution in [0.15, 0.2) is 24.3 Å². The molecule has 2 rings (SSSR count). The number of rotatable bonds is 6. The van der Waals surface area contributed by atoms with Gasteiger partial charge in [0, 0.05) is 44.2 Å². The van der Waals surface area contributed by atoms with Crippen molar-refractivity contribution in [2.45, 2.75) is 31.7 Å². The fraction of sp³-hybridized carbons (Fsp3) is 0.600. The van der Waals surface area contributed by atoms with Gasteiger partial charge >= 0.3 is 12.8 Å². The molecule has 0 amide bonds. The van der Waals surface area contributed by atoms with E-state index >= 15 is 0 Å². The van der Waals surface area contributed by atoms with Gasteiger partial charge in [-0.25, -0.2) is 0 Å². The summed E-state index contributed by atoms with van der Waals surface area (Å²) in [5, 5.41) is 3.13. The molecule has 0 saturated carbocycles. The Hall–Kier alpha value is -1.41. The standard InChI is InChI=1S/C15H19F5N2O/c16-14(17)23-13-4-2-1-3-11(13)12(5-6-15(18,19)20)22-9-7-21-8-10-22/h1-4,12,14,21H,5-10H2/t12-/m0/s1. The number of halogens is 5. The molecule has 0 spiro atoms. The highest BCUT2D eigenvalue weighted by atomic mass is 19.4. The van der Waals surface area contributed by atoms with Gasteiger partial charge in [-0.15, -0.1) is 0 Å². The normalized spacial score (nSPS) is 18.2. The molecule has 1 fully saturated rings. The summed E-state index contributed by atoms with van der Waals surface area (Å²) >= 11 is 0. The molecule has 0 bridgehead atoms. The molecule has 0 radical (unpaired) electrons. The molecule has 1 aliphatic heterocycles. The monoisotopic (exact) mass is 338 g/mol. The third-order valence-corrected chi connectivity index (χ3v) is 3.79. The molecule has 1 aliphatic rings. The Morgan fingerprint density at radius 2 is 1.78 bits per heavy atom. The molecule has 0 aliphatic carbocycles. The smallest absolute Gasteiger partial charge is 0.389 e. The summed E-state index contributed by atoms with van der Waals surface area (Å²) in [6.45, 7) is -0.583. The maximum Gasteiger partial charge on any atom is 0.389 e. The highest BCUT2D eigenvalue weighted by molar-refractivity contribution is 5.36. The number of benzene rings is 1. The van der Waals surface area contributed by atoms with Crippen molar-refractivity contribution >= 4 is 0 Å². The van der Waals surface area contributed by atoms with Crippen molar-refractivity contribution in [2.24, 2.45) is 0 Å². The van der Waals surface area contributed by atoms with Crippen LogP contribution in [0.2, 0.25) is 0 Å². The average Bonchev–Trinajstić information content (AvgIpc) is 2.48. The van der Waals surface area contributed by atoms with E-state index < -0.39 is 25.3 Å². The zero-order valence-corrected chi connectivity index (χ0v) is 12.5. The van der Waals surface area contributed by atoms with Crippen LogP contribution in [0.5, 0.6) is 5.75 Å². The summed E-state index contributed by atoms with van der Waals surface area (Å²) < 4.78 is 67.5. The molecule has 1 aromatic rings. The third kappa shape index (κ3) is 5.62. The molecule has 1 aromatic carbocycles. The second kappa shape index (κ2) is 7.92. The van der Waals surface area contributed by atoms with E-state index in [1.165, 1.54) is 12.1 Å². The van der Waals surface area contributed by atoms with Crippen molar-refractivity contribution < 1.29 is 26.7 Å². The lowest BCUT2D eigenvalue weighted by molar-refractivity contribution is -0.138. The zero-order valence-electron chi connectivity index (χ0n) is 12.5. The van der Waals surface area contributed by atoms with Crippen molar-refractivity contribution in [1.29, 1.82) is 0 Å². The van der Waals surface area contributed by atoms with E-state index in [4.69, 9.17) is 0 Å². The first-order chi connectivity index (χ1) is 10.9. The number of piperazine rings is 1. The number of nitrogens with one attached hydrogen (secondary N) is 1. The highest BCUT2D eigenvalue weighted by Gasteiger charge is 2.32. The van der Waals surface area contributed by atoms with E-state index in [2.05, 4.69) is 10.1 Å². The first-order valence-electron chi connectivity index (χ1n) is 7.42. The Bertz CT molecular complexity index is 489. The highest BCUT2D eigenvalue weighted by Crippen LogP contribution is 2.36. The van der Waals surface area contributed by atoms with Crippen LogP contribution < -0.4 is 10.1 Å². The van der Waals surface area contributed by atoms with E-state index in [-0.39, 0.29) is 12.2 Å². The van der Waals surface area contributed by atoms with Crippen LogP contribution in [0, 0.1) is 0 Å². The molecule has 0 unspecified atom stereocenters. The van der Waals surface area contributed by atoms with Crippen molar-refractivity contribution in [2.75, 3.05) is 26.2 Å². The average molecular weight is 338 g/mol. The molecule has 8 heteroatoms. The van der Waals surface area contributed by atoms with Gasteiger partial charge in [0.1, 0.15) is 5.75 Å². The lowest BCUT2D eigenvalue weighted by atomic mass is 9.98. The maximum absolute atomic E-state index is 12.6. The van der Waals surface area contributed by atoms with Crippen molar-refractivity contribution in [3.63, 3.8) is 0 Å². The first-order valence-corrected chi connectivity index (χ1v) is 7.42. The van der Waals surface area contributed by atoms with Crippen LogP contribution in [0.3, 0.4) is 0 Å². The van der Waals surface area contributed by atoms with Gasteiger partial charge in [-0.3, -0.25) is 4.90 Å². The molecule has 0 aromatic heterocycles. The van der Waals surface area contributed by atoms with Crippen LogP contribution in [0.25, 0.3) is 0 Å². The lowest BCUT2D eigenvalue weighted by Crippen LogP contribution is -2.45. The first kappa shape index (κ1) is 17.9.